The van der Waals surface area contributed by atoms with E-state index in [1.165, 1.54) is 36.6 Å². The van der Waals surface area contributed by atoms with Crippen LogP contribution in [0.1, 0.15) is 50.2 Å². The third-order valence-electron chi connectivity index (χ3n) is 5.79. The van der Waals surface area contributed by atoms with Gasteiger partial charge in [0.15, 0.2) is 0 Å². The molecule has 0 spiro atoms. The van der Waals surface area contributed by atoms with E-state index < -0.39 is 11.9 Å². The van der Waals surface area contributed by atoms with Crippen LogP contribution >= 0.6 is 0 Å². The first-order valence-corrected chi connectivity index (χ1v) is 12.2. The van der Waals surface area contributed by atoms with E-state index in [0.29, 0.717) is 12.0 Å². The van der Waals surface area contributed by atoms with Crippen LogP contribution in [0, 0.1) is 0 Å². The van der Waals surface area contributed by atoms with Crippen molar-refractivity contribution in [2.75, 3.05) is 13.6 Å². The van der Waals surface area contributed by atoms with Crippen LogP contribution in [0.25, 0.3) is 0 Å². The summed E-state index contributed by atoms with van der Waals surface area (Å²) < 4.78 is 35.7. The summed E-state index contributed by atoms with van der Waals surface area (Å²) in [5.41, 5.74) is 8.90. The van der Waals surface area contributed by atoms with E-state index in [2.05, 4.69) is 79.6 Å². The molecular weight excluding hydrogens is 477 g/mol. The summed E-state index contributed by atoms with van der Waals surface area (Å²) in [5, 5.41) is 3.44. The van der Waals surface area contributed by atoms with Gasteiger partial charge in [0.2, 0.25) is 0 Å². The number of nitrogens with two attached hydrogens (primary N) is 2. The lowest BCUT2D eigenvalue weighted by molar-refractivity contribution is -0.0939. The van der Waals surface area contributed by atoms with E-state index in [1.54, 1.807) is 6.20 Å². The molecule has 3 rings (SSSR count). The van der Waals surface area contributed by atoms with Crippen LogP contribution in [0.3, 0.4) is 0 Å². The summed E-state index contributed by atoms with van der Waals surface area (Å²) in [4.78, 5) is 6.38. The molecular formula is C28H41F3N6. The fourth-order valence-corrected chi connectivity index (χ4v) is 3.56. The SMILES string of the molecule is C=C(NCc1ccccc1)C1CCCN1C.C=CC/C(NN)=C(/N)C(F)(F)F.CC(C)c1cccnc1. The minimum atomic E-state index is -4.55. The topological polar surface area (TPSA) is 92.2 Å². The molecule has 1 aliphatic rings. The molecule has 1 saturated heterocycles. The van der Waals surface area contributed by atoms with Gasteiger partial charge in [0, 0.05) is 37.1 Å². The van der Waals surface area contributed by atoms with E-state index in [-0.39, 0.29) is 12.1 Å². The predicted octanol–water partition coefficient (Wildman–Crippen LogP) is 5.35. The van der Waals surface area contributed by atoms with Crippen molar-refractivity contribution < 1.29 is 13.2 Å². The highest BCUT2D eigenvalue weighted by molar-refractivity contribution is 5.17. The van der Waals surface area contributed by atoms with Gasteiger partial charge in [-0.2, -0.15) is 13.2 Å². The molecule has 0 aliphatic carbocycles. The van der Waals surface area contributed by atoms with Gasteiger partial charge in [-0.05, 0) is 49.5 Å². The quantitative estimate of drug-likeness (QED) is 0.214. The molecule has 9 heteroatoms. The van der Waals surface area contributed by atoms with Gasteiger partial charge in [-0.25, -0.2) is 0 Å². The highest BCUT2D eigenvalue weighted by Gasteiger charge is 2.33. The third kappa shape index (κ3) is 12.0. The molecule has 0 amide bonds. The van der Waals surface area contributed by atoms with Crippen molar-refractivity contribution in [3.05, 3.63) is 102 Å². The van der Waals surface area contributed by atoms with Gasteiger partial charge in [-0.1, -0.05) is 62.9 Å². The number of alkyl halides is 3. The van der Waals surface area contributed by atoms with Gasteiger partial charge < -0.3 is 16.5 Å². The van der Waals surface area contributed by atoms with Crippen LogP contribution in [0.2, 0.25) is 0 Å². The highest BCUT2D eigenvalue weighted by atomic mass is 19.4. The number of likely N-dealkylation sites (tertiary alicyclic amines) is 1. The molecule has 1 atom stereocenters. The zero-order valence-corrected chi connectivity index (χ0v) is 22.1. The minimum absolute atomic E-state index is 0.0398. The molecule has 0 radical (unpaired) electrons. The molecule has 2 heterocycles. The molecule has 1 fully saturated rings. The van der Waals surface area contributed by atoms with Crippen LogP contribution in [0.4, 0.5) is 13.2 Å². The van der Waals surface area contributed by atoms with Crippen molar-refractivity contribution in [2.24, 2.45) is 11.6 Å². The molecule has 1 aromatic heterocycles. The molecule has 6 nitrogen and oxygen atoms in total. The van der Waals surface area contributed by atoms with Crippen LogP contribution in [0.15, 0.2) is 91.2 Å². The number of allylic oxidation sites excluding steroid dienone is 2. The van der Waals surface area contributed by atoms with Crippen LogP contribution < -0.4 is 22.3 Å². The number of hydrogen-bond donors (Lipinski definition) is 4. The van der Waals surface area contributed by atoms with Gasteiger partial charge in [0.05, 0.1) is 5.70 Å². The van der Waals surface area contributed by atoms with Gasteiger partial charge in [0.1, 0.15) is 5.70 Å². The lowest BCUT2D eigenvalue weighted by atomic mass is 10.1. The first kappa shape index (κ1) is 31.7. The van der Waals surface area contributed by atoms with E-state index >= 15 is 0 Å². The molecule has 2 aromatic rings. The number of hydrazine groups is 1. The molecule has 1 aliphatic heterocycles. The van der Waals surface area contributed by atoms with Gasteiger partial charge in [-0.15, -0.1) is 6.58 Å². The average molecular weight is 519 g/mol. The predicted molar refractivity (Wildman–Crippen MR) is 146 cm³/mol. The molecule has 37 heavy (non-hydrogen) atoms. The second-order valence-corrected chi connectivity index (χ2v) is 8.97. The zero-order chi connectivity index (χ0) is 27.8. The first-order chi connectivity index (χ1) is 17.5. The summed E-state index contributed by atoms with van der Waals surface area (Å²) >= 11 is 0. The third-order valence-corrected chi connectivity index (χ3v) is 5.79. The number of likely N-dealkylation sites (N-methyl/N-ethyl adjacent to an activating group) is 1. The molecule has 6 N–H and O–H groups in total. The van der Waals surface area contributed by atoms with Gasteiger partial charge in [-0.3, -0.25) is 15.7 Å². The largest absolute Gasteiger partial charge is 0.432 e. The van der Waals surface area contributed by atoms with Crippen molar-refractivity contribution in [1.29, 1.82) is 0 Å². The number of rotatable bonds is 8. The number of nitrogens with one attached hydrogen (secondary N) is 2. The molecule has 1 unspecified atom stereocenters. The summed E-state index contributed by atoms with van der Waals surface area (Å²) in [7, 11) is 2.17. The fraction of sp³-hybridized carbons (Fsp3) is 0.393. The Kier molecular flexibility index (Phi) is 14.1. The van der Waals surface area contributed by atoms with E-state index in [9.17, 15) is 13.2 Å². The van der Waals surface area contributed by atoms with E-state index in [1.807, 2.05) is 23.8 Å². The van der Waals surface area contributed by atoms with Crippen molar-refractivity contribution in [3.63, 3.8) is 0 Å². The molecule has 0 saturated carbocycles. The number of pyridine rings is 1. The van der Waals surface area contributed by atoms with Crippen molar-refractivity contribution >= 4 is 0 Å². The number of aromatic nitrogens is 1. The Labute approximate surface area is 219 Å². The second kappa shape index (κ2) is 16.4. The fourth-order valence-electron chi connectivity index (χ4n) is 3.56. The van der Waals surface area contributed by atoms with Gasteiger partial charge in [0.25, 0.3) is 0 Å². The molecule has 204 valence electrons. The van der Waals surface area contributed by atoms with Crippen molar-refractivity contribution in [1.82, 2.24) is 20.6 Å². The summed E-state index contributed by atoms with van der Waals surface area (Å²) in [6.07, 6.45) is 2.90. The van der Waals surface area contributed by atoms with Crippen molar-refractivity contribution in [2.45, 2.75) is 57.8 Å². The normalized spacial score (nSPS) is 15.9. The molecule has 0 bridgehead atoms. The van der Waals surface area contributed by atoms with E-state index in [0.717, 1.165) is 12.2 Å². The number of halogens is 3. The lowest BCUT2D eigenvalue weighted by Gasteiger charge is -2.22. The van der Waals surface area contributed by atoms with Gasteiger partial charge >= 0.3 is 6.18 Å². The second-order valence-electron chi connectivity index (χ2n) is 8.97. The smallest absolute Gasteiger partial charge is 0.393 e. The van der Waals surface area contributed by atoms with Crippen molar-refractivity contribution in [3.8, 4) is 0 Å². The van der Waals surface area contributed by atoms with E-state index in [4.69, 9.17) is 11.6 Å². The summed E-state index contributed by atoms with van der Waals surface area (Å²) in [6.45, 7) is 13.8. The highest BCUT2D eigenvalue weighted by Crippen LogP contribution is 2.24. The Morgan fingerprint density at radius 2 is 1.89 bits per heavy atom. The Morgan fingerprint density at radius 1 is 1.22 bits per heavy atom. The summed E-state index contributed by atoms with van der Waals surface area (Å²) in [5.74, 6) is 5.42. The molecule has 1 aromatic carbocycles. The maximum Gasteiger partial charge on any atom is 0.432 e. The first-order valence-electron chi connectivity index (χ1n) is 12.2. The Hall–Kier alpha value is -3.30. The maximum absolute atomic E-state index is 11.9. The average Bonchev–Trinajstić information content (AvgIpc) is 3.32. The monoisotopic (exact) mass is 518 g/mol. The van der Waals surface area contributed by atoms with Crippen LogP contribution in [-0.4, -0.2) is 35.7 Å². The Balaban J connectivity index is 0.000000291. The number of hydrogen-bond acceptors (Lipinski definition) is 6. The van der Waals surface area contributed by atoms with Crippen LogP contribution in [-0.2, 0) is 6.54 Å². The minimum Gasteiger partial charge on any atom is -0.393 e. The maximum atomic E-state index is 11.9. The Morgan fingerprint density at radius 3 is 2.32 bits per heavy atom. The Bertz CT molecular complexity index is 959. The standard InChI is InChI=1S/C14H20N2.C8H11N.C6H10F3N3/c1-12(14-9-6-10-16(14)2)15-11-13-7-4-3-5-8-13;1-7(2)8-4-3-5-9-6-8;1-2-3-4(12-11)5(10)6(7,8)9/h3-5,7-8,14-15H,1,6,9-11H2,2H3;3-7H,1-2H3;2,12H,1,3,10-11H2/b;;5-4-. The van der Waals surface area contributed by atoms with Crippen LogP contribution in [0.5, 0.6) is 0 Å². The lowest BCUT2D eigenvalue weighted by Crippen LogP contribution is -2.32. The number of benzene rings is 1. The summed E-state index contributed by atoms with van der Waals surface area (Å²) in [6, 6.07) is 15.0. The zero-order valence-electron chi connectivity index (χ0n) is 22.1. The number of nitrogens with zero attached hydrogens (tertiary/aromatic N) is 2.